The summed E-state index contributed by atoms with van der Waals surface area (Å²) in [5, 5.41) is 12.1. The number of carbonyl (C=O) groups excluding carboxylic acids is 2. The summed E-state index contributed by atoms with van der Waals surface area (Å²) in [4.78, 5) is 25.5. The number of benzene rings is 1. The van der Waals surface area contributed by atoms with E-state index >= 15 is 0 Å². The number of aromatic nitrogens is 3. The van der Waals surface area contributed by atoms with Crippen molar-refractivity contribution in [3.63, 3.8) is 0 Å². The molecule has 0 spiro atoms. The number of nitrogens with zero attached hydrogens (tertiary/aromatic N) is 3. The van der Waals surface area contributed by atoms with Crippen LogP contribution in [0.1, 0.15) is 10.4 Å². The highest BCUT2D eigenvalue weighted by atomic mass is 32.2. The molecule has 7 nitrogen and oxygen atoms in total. The number of hydrogen-bond donors (Lipinski definition) is 1. The van der Waals surface area contributed by atoms with Crippen LogP contribution in [-0.2, 0) is 9.53 Å². The molecule has 0 bridgehead atoms. The monoisotopic (exact) mass is 424 g/mol. The van der Waals surface area contributed by atoms with Crippen LogP contribution in [-0.4, -0.2) is 39.3 Å². The van der Waals surface area contributed by atoms with Gasteiger partial charge >= 0.3 is 5.97 Å². The van der Waals surface area contributed by atoms with E-state index < -0.39 is 5.97 Å². The van der Waals surface area contributed by atoms with Gasteiger partial charge in [0.2, 0.25) is 5.91 Å². The lowest BCUT2D eigenvalue weighted by atomic mass is 10.1. The zero-order valence-corrected chi connectivity index (χ0v) is 17.0. The summed E-state index contributed by atoms with van der Waals surface area (Å²) in [6, 6.07) is 17.0. The number of esters is 1. The summed E-state index contributed by atoms with van der Waals surface area (Å²) in [7, 11) is 1.32. The van der Waals surface area contributed by atoms with E-state index in [4.69, 9.17) is 4.74 Å². The molecule has 0 aliphatic rings. The van der Waals surface area contributed by atoms with E-state index in [1.165, 1.54) is 30.2 Å². The number of ether oxygens (including phenoxy) is 1. The smallest absolute Gasteiger partial charge is 0.340 e. The normalized spacial score (nSPS) is 10.8. The van der Waals surface area contributed by atoms with E-state index in [9.17, 15) is 9.59 Å². The van der Waals surface area contributed by atoms with E-state index in [0.29, 0.717) is 21.4 Å². The SMILES string of the molecule is COC(=O)c1cc(-c2ccccc2)sc1NC(=O)CSc1nnc2ccccn12. The maximum atomic E-state index is 12.5. The molecule has 3 heterocycles. The van der Waals surface area contributed by atoms with Crippen molar-refractivity contribution in [3.8, 4) is 10.4 Å². The number of carbonyl (C=O) groups is 2. The average Bonchev–Trinajstić information content (AvgIpc) is 3.37. The minimum atomic E-state index is -0.491. The Balaban J connectivity index is 1.51. The predicted molar refractivity (Wildman–Crippen MR) is 113 cm³/mol. The second-order valence-electron chi connectivity index (χ2n) is 5.96. The fourth-order valence-corrected chi connectivity index (χ4v) is 4.49. The standard InChI is InChI=1S/C20H16N4O3S2/c1-27-19(26)14-11-15(13-7-3-2-4-8-13)29-18(14)21-17(25)12-28-20-23-22-16-9-5-6-10-24(16)20/h2-11H,12H2,1H3,(H,21,25). The van der Waals surface area contributed by atoms with Crippen LogP contribution in [0.2, 0.25) is 0 Å². The number of thioether (sulfide) groups is 1. The summed E-state index contributed by atoms with van der Waals surface area (Å²) in [5.41, 5.74) is 2.02. The molecule has 0 atom stereocenters. The first kappa shape index (κ1) is 19.2. The van der Waals surface area contributed by atoms with E-state index in [1.807, 2.05) is 59.1 Å². The first-order valence-corrected chi connectivity index (χ1v) is 10.5. The number of anilines is 1. The van der Waals surface area contributed by atoms with Crippen LogP contribution in [0.15, 0.2) is 66.0 Å². The van der Waals surface area contributed by atoms with E-state index in [1.54, 1.807) is 6.07 Å². The van der Waals surface area contributed by atoms with E-state index in [2.05, 4.69) is 15.5 Å². The van der Waals surface area contributed by atoms with Crippen molar-refractivity contribution < 1.29 is 14.3 Å². The number of amides is 1. The summed E-state index contributed by atoms with van der Waals surface area (Å²) < 4.78 is 6.68. The summed E-state index contributed by atoms with van der Waals surface area (Å²) >= 11 is 2.61. The minimum absolute atomic E-state index is 0.134. The molecule has 1 aromatic carbocycles. The summed E-state index contributed by atoms with van der Waals surface area (Å²) in [6.07, 6.45) is 1.84. The van der Waals surface area contributed by atoms with Crippen molar-refractivity contribution in [1.82, 2.24) is 14.6 Å². The number of pyridine rings is 1. The van der Waals surface area contributed by atoms with Gasteiger partial charge in [-0.1, -0.05) is 48.2 Å². The van der Waals surface area contributed by atoms with Gasteiger partial charge in [0, 0.05) is 11.1 Å². The first-order valence-electron chi connectivity index (χ1n) is 8.65. The summed E-state index contributed by atoms with van der Waals surface area (Å²) in [5.74, 6) is -0.598. The van der Waals surface area contributed by atoms with Gasteiger partial charge in [0.25, 0.3) is 0 Å². The fourth-order valence-electron chi connectivity index (χ4n) is 2.70. The Morgan fingerprint density at radius 3 is 2.72 bits per heavy atom. The van der Waals surface area contributed by atoms with Crippen LogP contribution in [0.5, 0.6) is 0 Å². The second kappa shape index (κ2) is 8.46. The Kier molecular flexibility index (Phi) is 5.59. The molecule has 0 aliphatic heterocycles. The molecule has 4 rings (SSSR count). The van der Waals surface area contributed by atoms with Gasteiger partial charge in [0.05, 0.1) is 18.4 Å². The Morgan fingerprint density at radius 2 is 1.93 bits per heavy atom. The predicted octanol–water partition coefficient (Wildman–Crippen LogP) is 3.98. The molecule has 1 N–H and O–H groups in total. The largest absolute Gasteiger partial charge is 0.465 e. The molecule has 0 unspecified atom stereocenters. The minimum Gasteiger partial charge on any atom is -0.465 e. The second-order valence-corrected chi connectivity index (χ2v) is 7.95. The van der Waals surface area contributed by atoms with E-state index in [0.717, 1.165) is 10.4 Å². The van der Waals surface area contributed by atoms with Crippen LogP contribution in [0, 0.1) is 0 Å². The van der Waals surface area contributed by atoms with Crippen molar-refractivity contribution in [2.75, 3.05) is 18.2 Å². The highest BCUT2D eigenvalue weighted by molar-refractivity contribution is 7.99. The van der Waals surface area contributed by atoms with Gasteiger partial charge in [-0.2, -0.15) is 0 Å². The van der Waals surface area contributed by atoms with Gasteiger partial charge in [0.15, 0.2) is 10.8 Å². The Bertz CT molecular complexity index is 1170. The molecular formula is C20H16N4O3S2. The average molecular weight is 425 g/mol. The first-order chi connectivity index (χ1) is 14.2. The van der Waals surface area contributed by atoms with Crippen molar-refractivity contribution in [3.05, 3.63) is 66.4 Å². The van der Waals surface area contributed by atoms with Gasteiger partial charge in [-0.3, -0.25) is 9.20 Å². The molecule has 4 aromatic rings. The lowest BCUT2D eigenvalue weighted by Crippen LogP contribution is -2.15. The van der Waals surface area contributed by atoms with Gasteiger partial charge in [-0.05, 0) is 23.8 Å². The van der Waals surface area contributed by atoms with Crippen molar-refractivity contribution in [2.24, 2.45) is 0 Å². The van der Waals surface area contributed by atoms with Crippen molar-refractivity contribution >= 4 is 45.6 Å². The fraction of sp³-hybridized carbons (Fsp3) is 0.100. The van der Waals surface area contributed by atoms with Crippen LogP contribution < -0.4 is 5.32 Å². The van der Waals surface area contributed by atoms with E-state index in [-0.39, 0.29) is 11.7 Å². The highest BCUT2D eigenvalue weighted by Gasteiger charge is 2.19. The Labute approximate surface area is 174 Å². The molecule has 9 heteroatoms. The zero-order chi connectivity index (χ0) is 20.2. The number of thiophene rings is 1. The number of fused-ring (bicyclic) bond motifs is 1. The third-order valence-electron chi connectivity index (χ3n) is 4.06. The van der Waals surface area contributed by atoms with Crippen molar-refractivity contribution in [2.45, 2.75) is 5.16 Å². The van der Waals surface area contributed by atoms with Gasteiger partial charge < -0.3 is 10.1 Å². The molecule has 3 aromatic heterocycles. The third-order valence-corrected chi connectivity index (χ3v) is 6.11. The molecule has 0 fully saturated rings. The summed E-state index contributed by atoms with van der Waals surface area (Å²) in [6.45, 7) is 0. The quantitative estimate of drug-likeness (QED) is 0.372. The lowest BCUT2D eigenvalue weighted by Gasteiger charge is -2.04. The van der Waals surface area contributed by atoms with Gasteiger partial charge in [-0.15, -0.1) is 21.5 Å². The molecule has 0 saturated heterocycles. The number of rotatable bonds is 6. The van der Waals surface area contributed by atoms with Gasteiger partial charge in [-0.25, -0.2) is 4.79 Å². The van der Waals surface area contributed by atoms with Crippen LogP contribution in [0.3, 0.4) is 0 Å². The van der Waals surface area contributed by atoms with Gasteiger partial charge in [0.1, 0.15) is 5.00 Å². The van der Waals surface area contributed by atoms with Crippen molar-refractivity contribution in [1.29, 1.82) is 0 Å². The molecular weight excluding hydrogens is 408 g/mol. The molecule has 29 heavy (non-hydrogen) atoms. The third kappa shape index (κ3) is 4.15. The lowest BCUT2D eigenvalue weighted by molar-refractivity contribution is -0.113. The Hall–Kier alpha value is -3.17. The number of nitrogens with one attached hydrogen (secondary N) is 1. The van der Waals surface area contributed by atoms with Crippen LogP contribution in [0.4, 0.5) is 5.00 Å². The van der Waals surface area contributed by atoms with Crippen LogP contribution in [0.25, 0.3) is 16.1 Å². The maximum absolute atomic E-state index is 12.5. The molecule has 0 saturated carbocycles. The molecule has 0 aliphatic carbocycles. The Morgan fingerprint density at radius 1 is 1.14 bits per heavy atom. The molecule has 146 valence electrons. The highest BCUT2D eigenvalue weighted by Crippen LogP contribution is 2.36. The topological polar surface area (TPSA) is 85.6 Å². The molecule has 1 amide bonds. The zero-order valence-electron chi connectivity index (χ0n) is 15.4. The number of methoxy groups -OCH3 is 1. The van der Waals surface area contributed by atoms with Crippen LogP contribution >= 0.6 is 23.1 Å². The number of hydrogen-bond acceptors (Lipinski definition) is 7. The molecule has 0 radical (unpaired) electrons. The maximum Gasteiger partial charge on any atom is 0.340 e.